The number of aromatic nitrogens is 2. The van der Waals surface area contributed by atoms with E-state index in [1.807, 2.05) is 54.7 Å². The number of ether oxygens (including phenoxy) is 2. The molecule has 7 heteroatoms. The van der Waals surface area contributed by atoms with E-state index in [2.05, 4.69) is 21.4 Å². The van der Waals surface area contributed by atoms with Gasteiger partial charge in [-0.05, 0) is 42.8 Å². The molecular weight excluding hydrogens is 416 g/mol. The van der Waals surface area contributed by atoms with Gasteiger partial charge in [0.05, 0.1) is 30.0 Å². The summed E-state index contributed by atoms with van der Waals surface area (Å²) < 4.78 is 17.6. The average molecular weight is 436 g/mol. The Morgan fingerprint density at radius 2 is 1.97 bits per heavy atom. The number of pyridine rings is 1. The van der Waals surface area contributed by atoms with Crippen molar-refractivity contribution in [3.63, 3.8) is 0 Å². The molecular formula is C26H20N4O3. The van der Waals surface area contributed by atoms with Crippen LogP contribution in [0.2, 0.25) is 0 Å². The van der Waals surface area contributed by atoms with Gasteiger partial charge in [0.2, 0.25) is 0 Å². The van der Waals surface area contributed by atoms with Gasteiger partial charge in [0, 0.05) is 46.1 Å². The van der Waals surface area contributed by atoms with Crippen LogP contribution in [0, 0.1) is 11.3 Å². The van der Waals surface area contributed by atoms with Crippen molar-refractivity contribution < 1.29 is 13.9 Å². The number of nitrogens with zero attached hydrogens (tertiary/aromatic N) is 2. The first-order chi connectivity index (χ1) is 16.3. The number of fused-ring (bicyclic) bond motifs is 2. The first-order valence-corrected chi connectivity index (χ1v) is 10.8. The molecule has 0 radical (unpaired) electrons. The number of nitrogens with one attached hydrogen (secondary N) is 2. The SMILES string of the molecule is N#Cc1cncc(-c2cc3cc(C4OCCCO4)ccc3o2)c1Nc1cccc2[nH]ccc12. The topological polar surface area (TPSA) is 96.1 Å². The lowest BCUT2D eigenvalue weighted by molar-refractivity contribution is -0.182. The first-order valence-electron chi connectivity index (χ1n) is 10.8. The number of H-pyrrole nitrogens is 1. The van der Waals surface area contributed by atoms with Crippen molar-refractivity contribution in [1.29, 1.82) is 5.26 Å². The van der Waals surface area contributed by atoms with Crippen LogP contribution in [-0.4, -0.2) is 23.2 Å². The number of rotatable bonds is 4. The zero-order chi connectivity index (χ0) is 22.2. The molecule has 1 aliphatic rings. The normalized spacial score (nSPS) is 14.5. The summed E-state index contributed by atoms with van der Waals surface area (Å²) in [7, 11) is 0. The van der Waals surface area contributed by atoms with Crippen molar-refractivity contribution >= 4 is 33.2 Å². The number of hydrogen-bond acceptors (Lipinski definition) is 6. The quantitative estimate of drug-likeness (QED) is 0.357. The maximum absolute atomic E-state index is 9.77. The summed E-state index contributed by atoms with van der Waals surface area (Å²) in [4.78, 5) is 7.49. The number of nitriles is 1. The highest BCUT2D eigenvalue weighted by Crippen LogP contribution is 2.38. The minimum atomic E-state index is -0.357. The molecule has 1 saturated heterocycles. The molecule has 5 aromatic rings. The molecule has 3 aromatic heterocycles. The van der Waals surface area contributed by atoms with E-state index >= 15 is 0 Å². The van der Waals surface area contributed by atoms with Crippen molar-refractivity contribution in [1.82, 2.24) is 9.97 Å². The molecule has 2 N–H and O–H groups in total. The Labute approximate surface area is 189 Å². The molecule has 0 aliphatic carbocycles. The second-order valence-corrected chi connectivity index (χ2v) is 7.93. The Balaban J connectivity index is 1.43. The first kappa shape index (κ1) is 19.6. The standard InChI is InChI=1S/C26H20N4O3/c27-13-18-14-28-15-20(25(18)30-22-4-1-3-21-19(22)7-8-29-21)24-12-17-11-16(5-6-23(17)33-24)26-31-9-2-10-32-26/h1,3-8,11-12,14-15,26,29H,2,9-10H2,(H,28,30). The van der Waals surface area contributed by atoms with E-state index in [0.29, 0.717) is 35.8 Å². The van der Waals surface area contributed by atoms with Gasteiger partial charge in [-0.2, -0.15) is 5.26 Å². The van der Waals surface area contributed by atoms with Crippen molar-refractivity contribution in [2.75, 3.05) is 18.5 Å². The number of furan rings is 1. The Kier molecular flexibility index (Phi) is 4.80. The molecule has 6 rings (SSSR count). The Hall–Kier alpha value is -4.12. The minimum absolute atomic E-state index is 0.357. The van der Waals surface area contributed by atoms with Gasteiger partial charge in [0.1, 0.15) is 17.4 Å². The second-order valence-electron chi connectivity index (χ2n) is 7.93. The summed E-state index contributed by atoms with van der Waals surface area (Å²) in [5.41, 5.74) is 5.40. The van der Waals surface area contributed by atoms with Crippen LogP contribution in [0.5, 0.6) is 0 Å². The molecule has 0 unspecified atom stereocenters. The van der Waals surface area contributed by atoms with Gasteiger partial charge in [-0.3, -0.25) is 4.98 Å². The Bertz CT molecular complexity index is 1510. The molecule has 0 bridgehead atoms. The van der Waals surface area contributed by atoms with E-state index in [0.717, 1.165) is 39.5 Å². The highest BCUT2D eigenvalue weighted by Gasteiger charge is 2.20. The summed E-state index contributed by atoms with van der Waals surface area (Å²) in [6, 6.07) is 18.1. The van der Waals surface area contributed by atoms with Crippen LogP contribution in [0.4, 0.5) is 11.4 Å². The summed E-state index contributed by atoms with van der Waals surface area (Å²) in [6.07, 6.45) is 5.71. The van der Waals surface area contributed by atoms with Gasteiger partial charge in [-0.25, -0.2) is 0 Å². The van der Waals surface area contributed by atoms with Crippen molar-refractivity contribution in [3.05, 3.63) is 78.2 Å². The lowest BCUT2D eigenvalue weighted by Gasteiger charge is -2.23. The third-order valence-corrected chi connectivity index (χ3v) is 5.83. The van der Waals surface area contributed by atoms with Crippen LogP contribution in [0.1, 0.15) is 23.8 Å². The maximum atomic E-state index is 9.77. The predicted molar refractivity (Wildman–Crippen MR) is 125 cm³/mol. The highest BCUT2D eigenvalue weighted by atomic mass is 16.7. The highest BCUT2D eigenvalue weighted by molar-refractivity contribution is 5.96. The molecule has 1 aliphatic heterocycles. The molecule has 0 spiro atoms. The van der Waals surface area contributed by atoms with Crippen LogP contribution in [0.15, 0.2) is 71.5 Å². The van der Waals surface area contributed by atoms with Gasteiger partial charge in [-0.1, -0.05) is 12.1 Å². The smallest absolute Gasteiger partial charge is 0.183 e. The molecule has 33 heavy (non-hydrogen) atoms. The fourth-order valence-electron chi connectivity index (χ4n) is 4.22. The second kappa shape index (κ2) is 8.10. The zero-order valence-corrected chi connectivity index (χ0v) is 17.7. The molecule has 2 aromatic carbocycles. The van der Waals surface area contributed by atoms with Gasteiger partial charge in [0.15, 0.2) is 6.29 Å². The summed E-state index contributed by atoms with van der Waals surface area (Å²) in [5.74, 6) is 0.626. The van der Waals surface area contributed by atoms with E-state index in [1.54, 1.807) is 12.4 Å². The fourth-order valence-corrected chi connectivity index (χ4v) is 4.22. The lowest BCUT2D eigenvalue weighted by Crippen LogP contribution is -2.17. The predicted octanol–water partition coefficient (Wildman–Crippen LogP) is 6.03. The third-order valence-electron chi connectivity index (χ3n) is 5.83. The fraction of sp³-hybridized carbons (Fsp3) is 0.154. The zero-order valence-electron chi connectivity index (χ0n) is 17.7. The number of benzene rings is 2. The van der Waals surface area contributed by atoms with E-state index in [4.69, 9.17) is 13.9 Å². The summed E-state index contributed by atoms with van der Waals surface area (Å²) in [6.45, 7) is 1.38. The van der Waals surface area contributed by atoms with Gasteiger partial charge in [0.25, 0.3) is 0 Å². The molecule has 4 heterocycles. The number of aromatic amines is 1. The molecule has 0 saturated carbocycles. The van der Waals surface area contributed by atoms with Crippen molar-refractivity contribution in [2.24, 2.45) is 0 Å². The third kappa shape index (κ3) is 3.52. The molecule has 0 atom stereocenters. The lowest BCUT2D eigenvalue weighted by atomic mass is 10.1. The monoisotopic (exact) mass is 436 g/mol. The molecule has 162 valence electrons. The summed E-state index contributed by atoms with van der Waals surface area (Å²) in [5, 5.41) is 15.2. The van der Waals surface area contributed by atoms with Crippen molar-refractivity contribution in [2.45, 2.75) is 12.7 Å². The van der Waals surface area contributed by atoms with E-state index in [1.165, 1.54) is 0 Å². The largest absolute Gasteiger partial charge is 0.456 e. The molecule has 1 fully saturated rings. The average Bonchev–Trinajstić information content (AvgIpc) is 3.52. The maximum Gasteiger partial charge on any atom is 0.183 e. The molecule has 0 amide bonds. The van der Waals surface area contributed by atoms with Crippen LogP contribution in [-0.2, 0) is 9.47 Å². The number of hydrogen-bond donors (Lipinski definition) is 2. The van der Waals surface area contributed by atoms with Gasteiger partial charge >= 0.3 is 0 Å². The summed E-state index contributed by atoms with van der Waals surface area (Å²) >= 11 is 0. The van der Waals surface area contributed by atoms with Crippen LogP contribution in [0.25, 0.3) is 33.2 Å². The van der Waals surface area contributed by atoms with E-state index < -0.39 is 0 Å². The number of anilines is 2. The van der Waals surface area contributed by atoms with Crippen LogP contribution < -0.4 is 5.32 Å². The van der Waals surface area contributed by atoms with Crippen LogP contribution >= 0.6 is 0 Å². The van der Waals surface area contributed by atoms with Crippen molar-refractivity contribution in [3.8, 4) is 17.4 Å². The molecule has 7 nitrogen and oxygen atoms in total. The van der Waals surface area contributed by atoms with Gasteiger partial charge in [-0.15, -0.1) is 0 Å². The van der Waals surface area contributed by atoms with Crippen LogP contribution in [0.3, 0.4) is 0 Å². The van der Waals surface area contributed by atoms with E-state index in [-0.39, 0.29) is 6.29 Å². The van der Waals surface area contributed by atoms with Gasteiger partial charge < -0.3 is 24.2 Å². The minimum Gasteiger partial charge on any atom is -0.456 e. The van der Waals surface area contributed by atoms with E-state index in [9.17, 15) is 5.26 Å². The Morgan fingerprint density at radius 1 is 1.06 bits per heavy atom. The Morgan fingerprint density at radius 3 is 2.85 bits per heavy atom.